The number of hydrogen-bond acceptors (Lipinski definition) is 6. The lowest BCUT2D eigenvalue weighted by atomic mass is 9.76. The molecule has 3 heterocycles. The van der Waals surface area contributed by atoms with Crippen LogP contribution in [0.2, 0.25) is 0 Å². The summed E-state index contributed by atoms with van der Waals surface area (Å²) in [6, 6.07) is 11.6. The molecule has 1 N–H and O–H groups in total. The van der Waals surface area contributed by atoms with Crippen molar-refractivity contribution in [3.05, 3.63) is 47.7 Å². The number of amides is 1. The summed E-state index contributed by atoms with van der Waals surface area (Å²) < 4.78 is 12.5. The third kappa shape index (κ3) is 3.87. The fraction of sp³-hybridized carbons (Fsp3) is 0.458. The SMILES string of the molecule is CC(=O)N1c2ccc(B3OC(C)(C)C(C)(C)O3)cc2C(Nc2ccc(C#N)cn2)CC1C. The number of fused-ring (bicyclic) bond motifs is 1. The van der Waals surface area contributed by atoms with E-state index in [2.05, 4.69) is 22.4 Å². The molecule has 2 aromatic rings. The van der Waals surface area contributed by atoms with E-state index in [0.717, 1.165) is 23.1 Å². The largest absolute Gasteiger partial charge is 0.494 e. The molecule has 2 unspecified atom stereocenters. The highest BCUT2D eigenvalue weighted by molar-refractivity contribution is 6.62. The standard InChI is InChI=1S/C24H29BN4O3/c1-15-11-20(28-22-10-7-17(13-26)14-27-22)19-12-18(8-9-21(19)29(15)16(2)30)25-31-23(3,4)24(5,6)32-25/h7-10,12,14-15,20H,11H2,1-6H3,(H,27,28). The minimum Gasteiger partial charge on any atom is -0.399 e. The highest BCUT2D eigenvalue weighted by atomic mass is 16.7. The van der Waals surface area contributed by atoms with Crippen LogP contribution in [0.1, 0.15) is 65.1 Å². The van der Waals surface area contributed by atoms with Crippen LogP contribution < -0.4 is 15.7 Å². The topological polar surface area (TPSA) is 87.5 Å². The summed E-state index contributed by atoms with van der Waals surface area (Å²) in [5.41, 5.74) is 2.44. The van der Waals surface area contributed by atoms with Crippen LogP contribution in [-0.2, 0) is 14.1 Å². The summed E-state index contributed by atoms with van der Waals surface area (Å²) in [5, 5.41) is 12.5. The molecule has 4 rings (SSSR count). The maximum Gasteiger partial charge on any atom is 0.494 e. The molecule has 0 spiro atoms. The Kier molecular flexibility index (Phi) is 5.52. The van der Waals surface area contributed by atoms with E-state index in [0.29, 0.717) is 11.4 Å². The Morgan fingerprint density at radius 2 is 1.91 bits per heavy atom. The zero-order valence-corrected chi connectivity index (χ0v) is 19.5. The van der Waals surface area contributed by atoms with Gasteiger partial charge in [0.05, 0.1) is 22.8 Å². The maximum absolute atomic E-state index is 12.4. The molecule has 0 radical (unpaired) electrons. The molecule has 1 amide bonds. The van der Waals surface area contributed by atoms with Crippen LogP contribution in [0, 0.1) is 11.3 Å². The van der Waals surface area contributed by atoms with Crippen LogP contribution in [0.25, 0.3) is 0 Å². The van der Waals surface area contributed by atoms with Crippen LogP contribution in [-0.4, -0.2) is 35.3 Å². The average Bonchev–Trinajstić information content (AvgIpc) is 2.95. The molecule has 1 aromatic carbocycles. The van der Waals surface area contributed by atoms with Gasteiger partial charge in [-0.05, 0) is 70.3 Å². The molecular formula is C24H29BN4O3. The van der Waals surface area contributed by atoms with E-state index in [1.54, 1.807) is 25.3 Å². The van der Waals surface area contributed by atoms with Crippen molar-refractivity contribution in [2.75, 3.05) is 10.2 Å². The van der Waals surface area contributed by atoms with E-state index in [9.17, 15) is 4.79 Å². The Morgan fingerprint density at radius 3 is 2.47 bits per heavy atom. The number of rotatable bonds is 3. The highest BCUT2D eigenvalue weighted by Gasteiger charge is 2.52. The lowest BCUT2D eigenvalue weighted by Gasteiger charge is -2.39. The summed E-state index contributed by atoms with van der Waals surface area (Å²) in [7, 11) is -0.482. The van der Waals surface area contributed by atoms with Gasteiger partial charge in [0.1, 0.15) is 11.9 Å². The molecule has 7 nitrogen and oxygen atoms in total. The minimum atomic E-state index is -0.482. The molecule has 2 atom stereocenters. The van der Waals surface area contributed by atoms with Crippen molar-refractivity contribution in [3.63, 3.8) is 0 Å². The molecule has 0 saturated carbocycles. The first-order valence-corrected chi connectivity index (χ1v) is 10.9. The Bertz CT molecular complexity index is 1060. The third-order valence-electron chi connectivity index (χ3n) is 6.78. The Morgan fingerprint density at radius 1 is 1.22 bits per heavy atom. The number of nitriles is 1. The lowest BCUT2D eigenvalue weighted by Crippen LogP contribution is -2.44. The summed E-state index contributed by atoms with van der Waals surface area (Å²) in [4.78, 5) is 18.6. The van der Waals surface area contributed by atoms with Gasteiger partial charge in [0, 0.05) is 24.8 Å². The second kappa shape index (κ2) is 7.91. The first kappa shape index (κ1) is 22.3. The van der Waals surface area contributed by atoms with Gasteiger partial charge in [-0.2, -0.15) is 5.26 Å². The predicted molar refractivity (Wildman–Crippen MR) is 125 cm³/mol. The van der Waals surface area contributed by atoms with Gasteiger partial charge >= 0.3 is 7.12 Å². The highest BCUT2D eigenvalue weighted by Crippen LogP contribution is 2.40. The van der Waals surface area contributed by atoms with Crippen molar-refractivity contribution in [3.8, 4) is 6.07 Å². The third-order valence-corrected chi connectivity index (χ3v) is 6.78. The van der Waals surface area contributed by atoms with Gasteiger partial charge in [-0.25, -0.2) is 4.98 Å². The van der Waals surface area contributed by atoms with Gasteiger partial charge in [0.25, 0.3) is 0 Å². The molecule has 0 bridgehead atoms. The van der Waals surface area contributed by atoms with E-state index in [1.807, 2.05) is 51.7 Å². The molecule has 0 aliphatic carbocycles. The fourth-order valence-electron chi connectivity index (χ4n) is 4.35. The number of nitrogens with one attached hydrogen (secondary N) is 1. The van der Waals surface area contributed by atoms with E-state index in [1.165, 1.54) is 0 Å². The smallest absolute Gasteiger partial charge is 0.399 e. The van der Waals surface area contributed by atoms with Crippen LogP contribution >= 0.6 is 0 Å². The Labute approximate surface area is 189 Å². The average molecular weight is 432 g/mol. The number of nitrogens with zero attached hydrogens (tertiary/aromatic N) is 3. The predicted octanol–water partition coefficient (Wildman–Crippen LogP) is 3.55. The first-order valence-electron chi connectivity index (χ1n) is 10.9. The molecule has 8 heteroatoms. The summed E-state index contributed by atoms with van der Waals surface area (Å²) in [5.74, 6) is 0.696. The first-order chi connectivity index (χ1) is 15.0. The van der Waals surface area contributed by atoms with Crippen LogP contribution in [0.15, 0.2) is 36.5 Å². The van der Waals surface area contributed by atoms with E-state index < -0.39 is 18.3 Å². The normalized spacial score (nSPS) is 23.4. The number of benzene rings is 1. The summed E-state index contributed by atoms with van der Waals surface area (Å²) >= 11 is 0. The molecule has 2 aliphatic heterocycles. The fourth-order valence-corrected chi connectivity index (χ4v) is 4.35. The second-order valence-corrected chi connectivity index (χ2v) is 9.62. The minimum absolute atomic E-state index is 0.0112. The van der Waals surface area contributed by atoms with E-state index in [-0.39, 0.29) is 18.0 Å². The number of anilines is 2. The summed E-state index contributed by atoms with van der Waals surface area (Å²) in [6.45, 7) is 11.8. The maximum atomic E-state index is 12.4. The van der Waals surface area contributed by atoms with Gasteiger partial charge in [-0.15, -0.1) is 0 Å². The number of pyridine rings is 1. The number of carbonyl (C=O) groups is 1. The number of hydrogen-bond donors (Lipinski definition) is 1. The molecule has 1 aromatic heterocycles. The molecule has 32 heavy (non-hydrogen) atoms. The van der Waals surface area contributed by atoms with Crippen LogP contribution in [0.4, 0.5) is 11.5 Å². The monoisotopic (exact) mass is 432 g/mol. The summed E-state index contributed by atoms with van der Waals surface area (Å²) in [6.07, 6.45) is 2.28. The molecule has 1 fully saturated rings. The van der Waals surface area contributed by atoms with Gasteiger partial charge in [0.15, 0.2) is 0 Å². The van der Waals surface area contributed by atoms with Gasteiger partial charge in [-0.1, -0.05) is 12.1 Å². The number of carbonyl (C=O) groups excluding carboxylic acids is 1. The van der Waals surface area contributed by atoms with Crippen LogP contribution in [0.5, 0.6) is 0 Å². The van der Waals surface area contributed by atoms with E-state index >= 15 is 0 Å². The van der Waals surface area contributed by atoms with E-state index in [4.69, 9.17) is 14.6 Å². The van der Waals surface area contributed by atoms with Gasteiger partial charge in [-0.3, -0.25) is 4.79 Å². The zero-order chi connectivity index (χ0) is 23.3. The van der Waals surface area contributed by atoms with Crippen molar-refractivity contribution < 1.29 is 14.1 Å². The zero-order valence-electron chi connectivity index (χ0n) is 19.5. The van der Waals surface area contributed by atoms with Crippen molar-refractivity contribution in [1.82, 2.24) is 4.98 Å². The Hall–Kier alpha value is -2.89. The number of aromatic nitrogens is 1. The van der Waals surface area contributed by atoms with Crippen molar-refractivity contribution in [2.24, 2.45) is 0 Å². The van der Waals surface area contributed by atoms with Gasteiger partial charge in [0.2, 0.25) is 5.91 Å². The second-order valence-electron chi connectivity index (χ2n) is 9.62. The molecular weight excluding hydrogens is 403 g/mol. The Balaban J connectivity index is 1.71. The quantitative estimate of drug-likeness (QED) is 0.747. The van der Waals surface area contributed by atoms with Crippen molar-refractivity contribution in [1.29, 1.82) is 5.26 Å². The van der Waals surface area contributed by atoms with Crippen LogP contribution in [0.3, 0.4) is 0 Å². The van der Waals surface area contributed by atoms with Crippen molar-refractivity contribution >= 4 is 30.0 Å². The molecule has 1 saturated heterocycles. The van der Waals surface area contributed by atoms with Gasteiger partial charge < -0.3 is 19.5 Å². The van der Waals surface area contributed by atoms with Crippen molar-refractivity contribution in [2.45, 2.75) is 71.2 Å². The molecule has 2 aliphatic rings. The lowest BCUT2D eigenvalue weighted by molar-refractivity contribution is -0.117. The molecule has 166 valence electrons.